The Morgan fingerprint density at radius 3 is 2.31 bits per heavy atom. The molecule has 0 amide bonds. The molecule has 0 spiro atoms. The summed E-state index contributed by atoms with van der Waals surface area (Å²) in [5, 5.41) is 4.71. The van der Waals surface area contributed by atoms with Crippen molar-refractivity contribution in [2.45, 2.75) is 0 Å². The van der Waals surface area contributed by atoms with Gasteiger partial charge in [0.05, 0.1) is 12.7 Å². The van der Waals surface area contributed by atoms with E-state index >= 15 is 0 Å². The van der Waals surface area contributed by atoms with Gasteiger partial charge in [-0.3, -0.25) is 0 Å². The number of carbonyl (C=O) groups is 1. The monoisotopic (exact) mass is 245 g/mol. The fourth-order valence-corrected chi connectivity index (χ4v) is 1.20. The van der Waals surface area contributed by atoms with Gasteiger partial charge < -0.3 is 10.2 Å². The zero-order valence-electron chi connectivity index (χ0n) is 8.43. The van der Waals surface area contributed by atoms with Gasteiger partial charge in [-0.15, -0.1) is 4.83 Å². The largest absolute Gasteiger partial charge is 0.465 e. The molecule has 0 aromatic heterocycles. The Bertz CT molecular complexity index is 469. The summed E-state index contributed by atoms with van der Waals surface area (Å²) in [6.07, 6.45) is 0. The summed E-state index contributed by atoms with van der Waals surface area (Å²) < 4.78 is 25.6. The minimum Gasteiger partial charge on any atom is -0.465 e. The van der Waals surface area contributed by atoms with Crippen LogP contribution in [-0.2, 0) is 14.9 Å². The van der Waals surface area contributed by atoms with Crippen LogP contribution in [0.15, 0.2) is 24.3 Å². The van der Waals surface area contributed by atoms with E-state index in [1.165, 1.54) is 31.4 Å². The summed E-state index contributed by atoms with van der Waals surface area (Å²) in [6, 6.07) is 5.98. The number of hydrazine groups is 1. The van der Waals surface area contributed by atoms with Gasteiger partial charge in [0.15, 0.2) is 0 Å². The van der Waals surface area contributed by atoms with E-state index in [1.807, 2.05) is 4.83 Å². The van der Waals surface area contributed by atoms with E-state index in [4.69, 9.17) is 5.14 Å². The highest BCUT2D eigenvalue weighted by molar-refractivity contribution is 7.87. The number of anilines is 1. The zero-order valence-corrected chi connectivity index (χ0v) is 9.24. The van der Waals surface area contributed by atoms with Crippen molar-refractivity contribution < 1.29 is 17.9 Å². The summed E-state index contributed by atoms with van der Waals surface area (Å²) in [5.74, 6) is -0.467. The van der Waals surface area contributed by atoms with E-state index < -0.39 is 16.2 Å². The molecule has 0 atom stereocenters. The number of nitrogens with one attached hydrogen (secondary N) is 2. The minimum absolute atomic E-state index is 0.364. The fraction of sp³-hybridized carbons (Fsp3) is 0.125. The minimum atomic E-state index is -3.81. The Balaban J connectivity index is 2.69. The summed E-state index contributed by atoms with van der Waals surface area (Å²) in [6.45, 7) is 0. The lowest BCUT2D eigenvalue weighted by Gasteiger charge is -2.06. The molecule has 1 aromatic rings. The lowest BCUT2D eigenvalue weighted by atomic mass is 10.2. The van der Waals surface area contributed by atoms with Crippen molar-refractivity contribution in [3.8, 4) is 0 Å². The van der Waals surface area contributed by atoms with Crippen molar-refractivity contribution in [3.05, 3.63) is 29.8 Å². The first-order chi connectivity index (χ1) is 7.42. The second-order valence-electron chi connectivity index (χ2n) is 2.84. The zero-order chi connectivity index (χ0) is 12.2. The molecule has 88 valence electrons. The van der Waals surface area contributed by atoms with Crippen molar-refractivity contribution in [2.24, 2.45) is 5.14 Å². The van der Waals surface area contributed by atoms with Gasteiger partial charge in [-0.2, -0.15) is 8.42 Å². The smallest absolute Gasteiger partial charge is 0.337 e. The Hall–Kier alpha value is -1.64. The first kappa shape index (κ1) is 12.4. The van der Waals surface area contributed by atoms with Crippen LogP contribution in [0.4, 0.5) is 5.69 Å². The van der Waals surface area contributed by atoms with E-state index in [0.717, 1.165) is 0 Å². The molecule has 0 radical (unpaired) electrons. The van der Waals surface area contributed by atoms with Gasteiger partial charge in [0.1, 0.15) is 0 Å². The van der Waals surface area contributed by atoms with Crippen LogP contribution >= 0.6 is 0 Å². The molecule has 0 unspecified atom stereocenters. The van der Waals surface area contributed by atoms with Crippen LogP contribution < -0.4 is 15.4 Å². The van der Waals surface area contributed by atoms with Crippen LogP contribution in [0.2, 0.25) is 0 Å². The van der Waals surface area contributed by atoms with Crippen LogP contribution in [0.5, 0.6) is 0 Å². The predicted molar refractivity (Wildman–Crippen MR) is 57.6 cm³/mol. The molecule has 0 aliphatic carbocycles. The molecule has 7 nitrogen and oxygen atoms in total. The summed E-state index contributed by atoms with van der Waals surface area (Å²) in [7, 11) is -2.53. The van der Waals surface area contributed by atoms with Crippen LogP contribution in [0.1, 0.15) is 10.4 Å². The molecular weight excluding hydrogens is 234 g/mol. The number of methoxy groups -OCH3 is 1. The quantitative estimate of drug-likeness (QED) is 0.493. The topological polar surface area (TPSA) is 111 Å². The summed E-state index contributed by atoms with van der Waals surface area (Å²) in [5.41, 5.74) is 3.16. The standard InChI is InChI=1S/C8H11N3O4S/c1-15-8(12)6-2-4-7(5-3-6)10-11-16(9,13)14/h2-5,10-11H,1H3,(H2,9,13,14). The Labute approximate surface area is 92.7 Å². The first-order valence-electron chi connectivity index (χ1n) is 4.16. The predicted octanol–water partition coefficient (Wildman–Crippen LogP) is -0.407. The highest BCUT2D eigenvalue weighted by Gasteiger charge is 2.04. The summed E-state index contributed by atoms with van der Waals surface area (Å²) >= 11 is 0. The molecule has 0 saturated carbocycles. The van der Waals surface area contributed by atoms with Gasteiger partial charge in [-0.25, -0.2) is 9.93 Å². The van der Waals surface area contributed by atoms with E-state index in [-0.39, 0.29) is 0 Å². The third kappa shape index (κ3) is 3.85. The number of rotatable bonds is 4. The van der Waals surface area contributed by atoms with Crippen molar-refractivity contribution >= 4 is 21.9 Å². The lowest BCUT2D eigenvalue weighted by molar-refractivity contribution is 0.0601. The highest BCUT2D eigenvalue weighted by atomic mass is 32.2. The van der Waals surface area contributed by atoms with E-state index in [2.05, 4.69) is 10.2 Å². The third-order valence-electron chi connectivity index (χ3n) is 1.64. The molecule has 8 heteroatoms. The van der Waals surface area contributed by atoms with Gasteiger partial charge in [0.2, 0.25) is 0 Å². The number of hydrogen-bond donors (Lipinski definition) is 3. The normalized spacial score (nSPS) is 10.9. The molecular formula is C8H11N3O4S. The van der Waals surface area contributed by atoms with Gasteiger partial charge >= 0.3 is 5.97 Å². The van der Waals surface area contributed by atoms with Crippen LogP contribution in [0.3, 0.4) is 0 Å². The number of nitrogens with two attached hydrogens (primary N) is 1. The number of hydrogen-bond acceptors (Lipinski definition) is 5. The highest BCUT2D eigenvalue weighted by Crippen LogP contribution is 2.09. The molecule has 0 aliphatic heterocycles. The van der Waals surface area contributed by atoms with E-state index in [0.29, 0.717) is 11.3 Å². The second kappa shape index (κ2) is 4.92. The number of ether oxygens (including phenoxy) is 1. The van der Waals surface area contributed by atoms with Crippen LogP contribution in [0.25, 0.3) is 0 Å². The van der Waals surface area contributed by atoms with Gasteiger partial charge in [0, 0.05) is 5.69 Å². The molecule has 4 N–H and O–H groups in total. The molecule has 0 heterocycles. The van der Waals surface area contributed by atoms with E-state index in [9.17, 15) is 13.2 Å². The Morgan fingerprint density at radius 2 is 1.88 bits per heavy atom. The molecule has 0 fully saturated rings. The van der Waals surface area contributed by atoms with Gasteiger partial charge in [0.25, 0.3) is 10.2 Å². The third-order valence-corrected chi connectivity index (χ3v) is 2.03. The molecule has 16 heavy (non-hydrogen) atoms. The summed E-state index contributed by atoms with van der Waals surface area (Å²) in [4.78, 5) is 13.0. The maximum absolute atomic E-state index is 11.1. The molecule has 0 bridgehead atoms. The maximum Gasteiger partial charge on any atom is 0.337 e. The molecule has 0 saturated heterocycles. The SMILES string of the molecule is COC(=O)c1ccc(NNS(N)(=O)=O)cc1. The van der Waals surface area contributed by atoms with Crippen molar-refractivity contribution in [1.29, 1.82) is 0 Å². The fourth-order valence-electron chi connectivity index (χ4n) is 0.938. The van der Waals surface area contributed by atoms with E-state index in [1.54, 1.807) is 0 Å². The van der Waals surface area contributed by atoms with Gasteiger partial charge in [-0.1, -0.05) is 0 Å². The Morgan fingerprint density at radius 1 is 1.31 bits per heavy atom. The Kier molecular flexibility index (Phi) is 3.82. The van der Waals surface area contributed by atoms with Crippen molar-refractivity contribution in [3.63, 3.8) is 0 Å². The van der Waals surface area contributed by atoms with Crippen molar-refractivity contribution in [2.75, 3.05) is 12.5 Å². The van der Waals surface area contributed by atoms with Gasteiger partial charge in [-0.05, 0) is 24.3 Å². The average molecular weight is 245 g/mol. The average Bonchev–Trinajstić information content (AvgIpc) is 2.25. The number of carbonyl (C=O) groups excluding carboxylic acids is 1. The van der Waals surface area contributed by atoms with Crippen LogP contribution in [-0.4, -0.2) is 21.5 Å². The van der Waals surface area contributed by atoms with Crippen LogP contribution in [0, 0.1) is 0 Å². The first-order valence-corrected chi connectivity index (χ1v) is 5.71. The maximum atomic E-state index is 11.1. The lowest BCUT2D eigenvalue weighted by Crippen LogP contribution is -2.35. The number of benzene rings is 1. The molecule has 0 aliphatic rings. The molecule has 1 rings (SSSR count). The second-order valence-corrected chi connectivity index (χ2v) is 4.14. The number of esters is 1. The van der Waals surface area contributed by atoms with Crippen molar-refractivity contribution in [1.82, 2.24) is 4.83 Å². The molecule has 1 aromatic carbocycles.